The average molecular weight is 341 g/mol. The molecule has 2 aromatic rings. The van der Waals surface area contributed by atoms with Crippen molar-refractivity contribution in [3.05, 3.63) is 54.1 Å². The maximum absolute atomic E-state index is 5.99. The van der Waals surface area contributed by atoms with Crippen molar-refractivity contribution in [3.8, 4) is 11.5 Å². The predicted octanol–water partition coefficient (Wildman–Crippen LogP) is 5.87. The highest BCUT2D eigenvalue weighted by molar-refractivity contribution is 5.48. The van der Waals surface area contributed by atoms with Gasteiger partial charge in [0.25, 0.3) is 0 Å². The average Bonchev–Trinajstić information content (AvgIpc) is 2.60. The molecule has 0 aliphatic heterocycles. The van der Waals surface area contributed by atoms with E-state index in [1.165, 1.54) is 5.56 Å². The maximum atomic E-state index is 5.99. The Hall–Kier alpha value is -2.16. The number of rotatable bonds is 9. The van der Waals surface area contributed by atoms with Gasteiger partial charge in [-0.05, 0) is 56.0 Å². The molecule has 0 radical (unpaired) electrons. The molecule has 0 amide bonds. The number of anilines is 1. The lowest BCUT2D eigenvalue weighted by Gasteiger charge is -2.18. The van der Waals surface area contributed by atoms with Crippen molar-refractivity contribution in [2.45, 2.75) is 59.2 Å². The minimum atomic E-state index is 0.0732. The summed E-state index contributed by atoms with van der Waals surface area (Å²) in [4.78, 5) is 0. The highest BCUT2D eigenvalue weighted by Gasteiger charge is 2.06. The van der Waals surface area contributed by atoms with E-state index < -0.39 is 0 Å². The van der Waals surface area contributed by atoms with Crippen molar-refractivity contribution in [2.75, 3.05) is 11.9 Å². The number of ether oxygens (including phenoxy) is 2. The Morgan fingerprint density at radius 2 is 1.52 bits per heavy atom. The van der Waals surface area contributed by atoms with Crippen LogP contribution in [0.3, 0.4) is 0 Å². The summed E-state index contributed by atoms with van der Waals surface area (Å²) in [6.07, 6.45) is 1.30. The molecule has 136 valence electrons. The molecular weight excluding hydrogens is 310 g/mol. The van der Waals surface area contributed by atoms with Crippen LogP contribution in [0.1, 0.15) is 52.5 Å². The van der Waals surface area contributed by atoms with Crippen LogP contribution in [0.25, 0.3) is 0 Å². The monoisotopic (exact) mass is 341 g/mol. The lowest BCUT2D eigenvalue weighted by atomic mass is 10.0. The minimum absolute atomic E-state index is 0.0732. The van der Waals surface area contributed by atoms with Crippen molar-refractivity contribution < 1.29 is 9.47 Å². The SMILES string of the molecule is CCC(C)Oc1cccc(NCC(C)Oc2ccc(C(C)C)cc2)c1. The molecule has 0 aliphatic rings. The fourth-order valence-electron chi connectivity index (χ4n) is 2.46. The van der Waals surface area contributed by atoms with Gasteiger partial charge in [-0.3, -0.25) is 0 Å². The van der Waals surface area contributed by atoms with Gasteiger partial charge < -0.3 is 14.8 Å². The van der Waals surface area contributed by atoms with Gasteiger partial charge in [-0.25, -0.2) is 0 Å². The van der Waals surface area contributed by atoms with Crippen molar-refractivity contribution >= 4 is 5.69 Å². The number of hydrogen-bond donors (Lipinski definition) is 1. The van der Waals surface area contributed by atoms with Gasteiger partial charge in [0.05, 0.1) is 12.6 Å². The molecule has 0 saturated heterocycles. The zero-order valence-corrected chi connectivity index (χ0v) is 16.1. The molecule has 0 saturated carbocycles. The van der Waals surface area contributed by atoms with Crippen LogP contribution in [0, 0.1) is 0 Å². The lowest BCUT2D eigenvalue weighted by Crippen LogP contribution is -2.22. The van der Waals surface area contributed by atoms with Crippen LogP contribution >= 0.6 is 0 Å². The van der Waals surface area contributed by atoms with E-state index in [0.717, 1.165) is 30.2 Å². The third-order valence-corrected chi connectivity index (χ3v) is 4.22. The molecule has 0 aromatic heterocycles. The van der Waals surface area contributed by atoms with E-state index in [4.69, 9.17) is 9.47 Å². The van der Waals surface area contributed by atoms with Crippen LogP contribution in [0.15, 0.2) is 48.5 Å². The number of hydrogen-bond acceptors (Lipinski definition) is 3. The molecule has 0 bridgehead atoms. The molecule has 1 N–H and O–H groups in total. The van der Waals surface area contributed by atoms with E-state index in [2.05, 4.69) is 52.1 Å². The van der Waals surface area contributed by atoms with E-state index in [1.54, 1.807) is 0 Å². The zero-order chi connectivity index (χ0) is 18.2. The van der Waals surface area contributed by atoms with Gasteiger partial charge in [0, 0.05) is 11.8 Å². The minimum Gasteiger partial charge on any atom is -0.491 e. The molecule has 2 unspecified atom stereocenters. The Morgan fingerprint density at radius 1 is 0.840 bits per heavy atom. The predicted molar refractivity (Wildman–Crippen MR) is 106 cm³/mol. The Labute approximate surface area is 152 Å². The lowest BCUT2D eigenvalue weighted by molar-refractivity contribution is 0.217. The third-order valence-electron chi connectivity index (χ3n) is 4.22. The fourth-order valence-corrected chi connectivity index (χ4v) is 2.46. The molecule has 0 heterocycles. The van der Waals surface area contributed by atoms with Crippen LogP contribution < -0.4 is 14.8 Å². The summed E-state index contributed by atoms with van der Waals surface area (Å²) < 4.78 is 11.9. The van der Waals surface area contributed by atoms with Crippen LogP contribution in [0.2, 0.25) is 0 Å². The Morgan fingerprint density at radius 3 is 2.16 bits per heavy atom. The first-order valence-electron chi connectivity index (χ1n) is 9.25. The van der Waals surface area contributed by atoms with E-state index in [0.29, 0.717) is 5.92 Å². The third kappa shape index (κ3) is 6.33. The van der Waals surface area contributed by atoms with E-state index in [9.17, 15) is 0 Å². The largest absolute Gasteiger partial charge is 0.491 e. The van der Waals surface area contributed by atoms with Gasteiger partial charge in [0.15, 0.2) is 0 Å². The van der Waals surface area contributed by atoms with Crippen molar-refractivity contribution in [1.29, 1.82) is 0 Å². The molecule has 0 spiro atoms. The van der Waals surface area contributed by atoms with E-state index >= 15 is 0 Å². The molecule has 2 atom stereocenters. The summed E-state index contributed by atoms with van der Waals surface area (Å²) in [7, 11) is 0. The van der Waals surface area contributed by atoms with Crippen LogP contribution in [-0.2, 0) is 0 Å². The first kappa shape index (κ1) is 19.2. The summed E-state index contributed by atoms with van der Waals surface area (Å²) >= 11 is 0. The summed E-state index contributed by atoms with van der Waals surface area (Å²) in [5, 5.41) is 3.42. The van der Waals surface area contributed by atoms with Crippen LogP contribution in [0.4, 0.5) is 5.69 Å². The van der Waals surface area contributed by atoms with Crippen LogP contribution in [0.5, 0.6) is 11.5 Å². The van der Waals surface area contributed by atoms with Gasteiger partial charge >= 0.3 is 0 Å². The second-order valence-electron chi connectivity index (χ2n) is 6.90. The first-order valence-corrected chi connectivity index (χ1v) is 9.25. The van der Waals surface area contributed by atoms with E-state index in [1.807, 2.05) is 36.4 Å². The quantitative estimate of drug-likeness (QED) is 0.619. The highest BCUT2D eigenvalue weighted by atomic mass is 16.5. The van der Waals surface area contributed by atoms with Crippen molar-refractivity contribution in [1.82, 2.24) is 0 Å². The Kier molecular flexibility index (Phi) is 7.17. The Balaban J connectivity index is 1.85. The Bertz CT molecular complexity index is 637. The molecular formula is C22H31NO2. The van der Waals surface area contributed by atoms with Gasteiger partial charge in [0.1, 0.15) is 17.6 Å². The highest BCUT2D eigenvalue weighted by Crippen LogP contribution is 2.21. The maximum Gasteiger partial charge on any atom is 0.121 e. The molecule has 25 heavy (non-hydrogen) atoms. The van der Waals surface area contributed by atoms with E-state index in [-0.39, 0.29) is 12.2 Å². The summed E-state index contributed by atoms with van der Waals surface area (Å²) in [5.41, 5.74) is 2.38. The van der Waals surface area contributed by atoms with Crippen molar-refractivity contribution in [3.63, 3.8) is 0 Å². The molecule has 3 heteroatoms. The first-order chi connectivity index (χ1) is 12.0. The zero-order valence-electron chi connectivity index (χ0n) is 16.1. The normalized spacial score (nSPS) is 13.4. The van der Waals surface area contributed by atoms with Gasteiger partial charge in [-0.2, -0.15) is 0 Å². The molecule has 0 fully saturated rings. The molecule has 3 nitrogen and oxygen atoms in total. The topological polar surface area (TPSA) is 30.5 Å². The number of nitrogens with one attached hydrogen (secondary N) is 1. The standard InChI is InChI=1S/C22H31NO2/c1-6-17(4)24-22-9-7-8-20(14-22)23-15-18(5)25-21-12-10-19(11-13-21)16(2)3/h7-14,16-18,23H,6,15H2,1-5H3. The van der Waals surface area contributed by atoms with Crippen LogP contribution in [-0.4, -0.2) is 18.8 Å². The smallest absolute Gasteiger partial charge is 0.121 e. The van der Waals surface area contributed by atoms with Gasteiger partial charge in [-0.1, -0.05) is 39.0 Å². The summed E-state index contributed by atoms with van der Waals surface area (Å²) in [6.45, 7) is 11.4. The molecule has 2 aromatic carbocycles. The second-order valence-corrected chi connectivity index (χ2v) is 6.90. The number of benzene rings is 2. The molecule has 0 aliphatic carbocycles. The second kappa shape index (κ2) is 9.36. The van der Waals surface area contributed by atoms with Gasteiger partial charge in [0.2, 0.25) is 0 Å². The fraction of sp³-hybridized carbons (Fsp3) is 0.455. The molecule has 2 rings (SSSR count). The van der Waals surface area contributed by atoms with Crippen molar-refractivity contribution in [2.24, 2.45) is 0 Å². The summed E-state index contributed by atoms with van der Waals surface area (Å²) in [6, 6.07) is 16.5. The van der Waals surface area contributed by atoms with Gasteiger partial charge in [-0.15, -0.1) is 0 Å². The summed E-state index contributed by atoms with van der Waals surface area (Å²) in [5.74, 6) is 2.35.